The standard InChI is InChI=1S/C19H22F2N4O4S/c1-24-8-10-25(11-9-24)30(27,28)17-7-3-5-15(13-17)23-19(26)22-14-4-2-6-16(12-14)29-18(20)21/h2-7,12-13,18H,8-11H2,1H3,(H2,22,23,26). The van der Waals surface area contributed by atoms with Gasteiger partial charge in [0.05, 0.1) is 4.90 Å². The van der Waals surface area contributed by atoms with E-state index in [1.807, 2.05) is 7.05 Å². The number of ether oxygens (including phenoxy) is 1. The van der Waals surface area contributed by atoms with Crippen molar-refractivity contribution in [3.05, 3.63) is 48.5 Å². The van der Waals surface area contributed by atoms with Gasteiger partial charge in [0.2, 0.25) is 10.0 Å². The minimum Gasteiger partial charge on any atom is -0.435 e. The largest absolute Gasteiger partial charge is 0.435 e. The lowest BCUT2D eigenvalue weighted by molar-refractivity contribution is -0.0498. The Hall–Kier alpha value is -2.76. The number of amides is 2. The number of piperazine rings is 1. The van der Waals surface area contributed by atoms with Crippen molar-refractivity contribution in [3.8, 4) is 5.75 Å². The van der Waals surface area contributed by atoms with E-state index in [-0.39, 0.29) is 22.0 Å². The number of carbonyl (C=O) groups is 1. The van der Waals surface area contributed by atoms with Crippen LogP contribution in [0.5, 0.6) is 5.75 Å². The molecule has 1 aliphatic heterocycles. The zero-order valence-electron chi connectivity index (χ0n) is 16.2. The van der Waals surface area contributed by atoms with Gasteiger partial charge in [0.15, 0.2) is 0 Å². The summed E-state index contributed by atoms with van der Waals surface area (Å²) in [6.45, 7) is -0.886. The highest BCUT2D eigenvalue weighted by atomic mass is 32.2. The predicted molar refractivity (Wildman–Crippen MR) is 108 cm³/mol. The Balaban J connectivity index is 1.67. The van der Waals surface area contributed by atoms with Crippen molar-refractivity contribution < 1.29 is 26.7 Å². The second-order valence-corrected chi connectivity index (χ2v) is 8.66. The van der Waals surface area contributed by atoms with E-state index in [4.69, 9.17) is 0 Å². The van der Waals surface area contributed by atoms with Crippen molar-refractivity contribution in [3.63, 3.8) is 0 Å². The van der Waals surface area contributed by atoms with Gasteiger partial charge in [0.1, 0.15) is 5.75 Å². The Labute approximate surface area is 173 Å². The van der Waals surface area contributed by atoms with Crippen LogP contribution >= 0.6 is 0 Å². The zero-order valence-corrected chi connectivity index (χ0v) is 17.0. The number of hydrogen-bond donors (Lipinski definition) is 2. The molecule has 8 nitrogen and oxygen atoms in total. The number of benzene rings is 2. The van der Waals surface area contributed by atoms with E-state index in [9.17, 15) is 22.0 Å². The SMILES string of the molecule is CN1CCN(S(=O)(=O)c2cccc(NC(=O)Nc3cccc(OC(F)F)c3)c2)CC1. The number of anilines is 2. The van der Waals surface area contributed by atoms with Crippen LogP contribution in [-0.4, -0.2) is 63.5 Å². The Morgan fingerprint density at radius 2 is 1.60 bits per heavy atom. The van der Waals surface area contributed by atoms with Crippen molar-refractivity contribution in [2.75, 3.05) is 43.9 Å². The highest BCUT2D eigenvalue weighted by Gasteiger charge is 2.27. The number of nitrogens with one attached hydrogen (secondary N) is 2. The van der Waals surface area contributed by atoms with E-state index in [0.717, 1.165) is 0 Å². The summed E-state index contributed by atoms with van der Waals surface area (Å²) in [5.41, 5.74) is 0.523. The maximum Gasteiger partial charge on any atom is 0.387 e. The first-order chi connectivity index (χ1) is 14.2. The van der Waals surface area contributed by atoms with Crippen LogP contribution in [0.3, 0.4) is 0 Å². The molecule has 3 rings (SSSR count). The molecule has 11 heteroatoms. The quantitative estimate of drug-likeness (QED) is 0.721. The van der Waals surface area contributed by atoms with Crippen LogP contribution in [0, 0.1) is 0 Å². The lowest BCUT2D eigenvalue weighted by Crippen LogP contribution is -2.47. The molecule has 2 aromatic carbocycles. The number of hydrogen-bond acceptors (Lipinski definition) is 5. The molecule has 2 aromatic rings. The zero-order chi connectivity index (χ0) is 21.7. The summed E-state index contributed by atoms with van der Waals surface area (Å²) in [5, 5.41) is 5.03. The highest BCUT2D eigenvalue weighted by Crippen LogP contribution is 2.22. The van der Waals surface area contributed by atoms with Crippen LogP contribution in [0.25, 0.3) is 0 Å². The molecule has 162 valence electrons. The van der Waals surface area contributed by atoms with Crippen molar-refractivity contribution in [1.82, 2.24) is 9.21 Å². The van der Waals surface area contributed by atoms with Gasteiger partial charge >= 0.3 is 12.6 Å². The van der Waals surface area contributed by atoms with E-state index >= 15 is 0 Å². The number of likely N-dealkylation sites (N-methyl/N-ethyl adjacent to an activating group) is 1. The number of alkyl halides is 2. The van der Waals surface area contributed by atoms with E-state index < -0.39 is 22.7 Å². The first kappa shape index (κ1) is 21.9. The number of nitrogens with zero attached hydrogens (tertiary/aromatic N) is 2. The number of halogens is 2. The molecule has 1 fully saturated rings. The fourth-order valence-electron chi connectivity index (χ4n) is 2.96. The Bertz CT molecular complexity index is 996. The summed E-state index contributed by atoms with van der Waals surface area (Å²) in [4.78, 5) is 14.4. The fraction of sp³-hybridized carbons (Fsp3) is 0.316. The van der Waals surface area contributed by atoms with Crippen LogP contribution in [0.1, 0.15) is 0 Å². The molecule has 0 bridgehead atoms. The molecule has 0 spiro atoms. The normalized spacial score (nSPS) is 15.7. The molecule has 2 N–H and O–H groups in total. The molecule has 0 radical (unpaired) electrons. The molecule has 30 heavy (non-hydrogen) atoms. The molecule has 2 amide bonds. The van der Waals surface area contributed by atoms with Gasteiger partial charge in [-0.2, -0.15) is 13.1 Å². The Morgan fingerprint density at radius 1 is 1.00 bits per heavy atom. The number of sulfonamides is 1. The Kier molecular flexibility index (Phi) is 6.85. The summed E-state index contributed by atoms with van der Waals surface area (Å²) in [7, 11) is -1.74. The molecule has 0 atom stereocenters. The van der Waals surface area contributed by atoms with Gasteiger partial charge in [-0.1, -0.05) is 12.1 Å². The summed E-state index contributed by atoms with van der Waals surface area (Å²) in [5.74, 6) is -0.0944. The first-order valence-corrected chi connectivity index (χ1v) is 10.6. The number of rotatable bonds is 6. The van der Waals surface area contributed by atoms with Crippen molar-refractivity contribution >= 4 is 27.4 Å². The first-order valence-electron chi connectivity index (χ1n) is 9.16. The summed E-state index contributed by atoms with van der Waals surface area (Å²) >= 11 is 0. The van der Waals surface area contributed by atoms with Gasteiger partial charge < -0.3 is 20.3 Å². The second kappa shape index (κ2) is 9.37. The third-order valence-corrected chi connectivity index (χ3v) is 6.40. The van der Waals surface area contributed by atoms with Gasteiger partial charge in [-0.25, -0.2) is 13.2 Å². The highest BCUT2D eigenvalue weighted by molar-refractivity contribution is 7.89. The fourth-order valence-corrected chi connectivity index (χ4v) is 4.42. The average Bonchev–Trinajstić information content (AvgIpc) is 2.68. The van der Waals surface area contributed by atoms with E-state index in [1.165, 1.54) is 46.8 Å². The summed E-state index contributed by atoms with van der Waals surface area (Å²) < 4.78 is 56.0. The van der Waals surface area contributed by atoms with Crippen LogP contribution < -0.4 is 15.4 Å². The van der Waals surface area contributed by atoms with Crippen LogP contribution in [-0.2, 0) is 10.0 Å². The van der Waals surface area contributed by atoms with Crippen molar-refractivity contribution in [2.24, 2.45) is 0 Å². The van der Waals surface area contributed by atoms with Crippen molar-refractivity contribution in [2.45, 2.75) is 11.5 Å². The molecular weight excluding hydrogens is 418 g/mol. The minimum absolute atomic E-state index is 0.0807. The molecule has 0 aromatic heterocycles. The molecule has 0 saturated carbocycles. The smallest absolute Gasteiger partial charge is 0.387 e. The maximum absolute atomic E-state index is 12.9. The average molecular weight is 440 g/mol. The third kappa shape index (κ3) is 5.65. The predicted octanol–water partition coefficient (Wildman–Crippen LogP) is 2.87. The molecule has 1 saturated heterocycles. The number of carbonyl (C=O) groups excluding carboxylic acids is 1. The van der Waals surface area contributed by atoms with E-state index in [0.29, 0.717) is 26.2 Å². The summed E-state index contributed by atoms with van der Waals surface area (Å²) in [6, 6.07) is 10.8. The van der Waals surface area contributed by atoms with E-state index in [1.54, 1.807) is 6.07 Å². The summed E-state index contributed by atoms with van der Waals surface area (Å²) in [6.07, 6.45) is 0. The maximum atomic E-state index is 12.9. The second-order valence-electron chi connectivity index (χ2n) is 6.72. The number of urea groups is 1. The molecule has 1 aliphatic rings. The molecular formula is C19H22F2N4O4S. The van der Waals surface area contributed by atoms with E-state index in [2.05, 4.69) is 20.3 Å². The van der Waals surface area contributed by atoms with Crippen LogP contribution in [0.4, 0.5) is 25.0 Å². The van der Waals surface area contributed by atoms with Crippen LogP contribution in [0.15, 0.2) is 53.4 Å². The Morgan fingerprint density at radius 3 is 2.23 bits per heavy atom. The third-order valence-electron chi connectivity index (χ3n) is 4.51. The van der Waals surface area contributed by atoms with Gasteiger partial charge in [-0.05, 0) is 37.4 Å². The topological polar surface area (TPSA) is 91.0 Å². The lowest BCUT2D eigenvalue weighted by Gasteiger charge is -2.31. The lowest BCUT2D eigenvalue weighted by atomic mass is 10.3. The van der Waals surface area contributed by atoms with Crippen molar-refractivity contribution in [1.29, 1.82) is 0 Å². The minimum atomic E-state index is -3.67. The van der Waals surface area contributed by atoms with Gasteiger partial charge in [-0.3, -0.25) is 0 Å². The van der Waals surface area contributed by atoms with Crippen LogP contribution in [0.2, 0.25) is 0 Å². The monoisotopic (exact) mass is 440 g/mol. The van der Waals surface area contributed by atoms with Gasteiger partial charge in [0, 0.05) is 43.6 Å². The molecule has 0 aliphatic carbocycles. The molecule has 0 unspecified atom stereocenters. The molecule has 1 heterocycles. The van der Waals surface area contributed by atoms with Gasteiger partial charge in [-0.15, -0.1) is 0 Å². The van der Waals surface area contributed by atoms with Gasteiger partial charge in [0.25, 0.3) is 0 Å².